The van der Waals surface area contributed by atoms with Crippen LogP contribution in [0.15, 0.2) is 18.2 Å². The Morgan fingerprint density at radius 3 is 2.46 bits per heavy atom. The molecule has 2 aromatic rings. The van der Waals surface area contributed by atoms with Gasteiger partial charge in [-0.2, -0.15) is 13.2 Å². The Hall–Kier alpha value is -2.20. The molecule has 0 bridgehead atoms. The molecule has 1 N–H and O–H groups in total. The van der Waals surface area contributed by atoms with Crippen LogP contribution in [0, 0.1) is 0 Å². The summed E-state index contributed by atoms with van der Waals surface area (Å²) < 4.78 is 46.5. The maximum atomic E-state index is 12.2. The van der Waals surface area contributed by atoms with Crippen LogP contribution < -0.4 is 9.64 Å². The lowest BCUT2D eigenvalue weighted by molar-refractivity contribution is -0.201. The summed E-state index contributed by atoms with van der Waals surface area (Å²) in [5.74, 6) is -2.28. The van der Waals surface area contributed by atoms with E-state index < -0.39 is 18.8 Å². The molecule has 7 nitrogen and oxygen atoms in total. The van der Waals surface area contributed by atoms with Crippen LogP contribution in [0.4, 0.5) is 18.9 Å². The molecule has 12 heteroatoms. The van der Waals surface area contributed by atoms with Crippen molar-refractivity contribution in [1.29, 1.82) is 0 Å². The number of rotatable bonds is 5. The van der Waals surface area contributed by atoms with Gasteiger partial charge >= 0.3 is 12.1 Å². The maximum Gasteiger partial charge on any atom is 0.490 e. The number of halogens is 5. The molecule has 0 radical (unpaired) electrons. The average Bonchev–Trinajstić information content (AvgIpc) is 3.05. The van der Waals surface area contributed by atoms with Crippen LogP contribution in [0.2, 0.25) is 10.0 Å². The first kappa shape index (κ1) is 20.5. The van der Waals surface area contributed by atoms with E-state index in [1.54, 1.807) is 6.07 Å². The molecule has 3 rings (SSSR count). The van der Waals surface area contributed by atoms with Crippen LogP contribution in [-0.2, 0) is 16.1 Å². The first-order valence-corrected chi connectivity index (χ1v) is 8.99. The Balaban J connectivity index is 1.54. The number of alkyl halides is 3. The summed E-state index contributed by atoms with van der Waals surface area (Å²) in [7, 11) is 0. The predicted molar refractivity (Wildman–Crippen MR) is 94.6 cm³/mol. The minimum atomic E-state index is -5.06. The Morgan fingerprint density at radius 1 is 1.21 bits per heavy atom. The van der Waals surface area contributed by atoms with E-state index in [2.05, 4.69) is 25.0 Å². The summed E-state index contributed by atoms with van der Waals surface area (Å²) in [6.07, 6.45) is -4.00. The second-order valence-electron chi connectivity index (χ2n) is 6.10. The number of esters is 1. The molecule has 0 atom stereocenters. The Bertz CT molecular complexity index is 819. The molecule has 1 aliphatic heterocycles. The fourth-order valence-electron chi connectivity index (χ4n) is 2.76. The van der Waals surface area contributed by atoms with E-state index >= 15 is 0 Å². The number of piperidine rings is 1. The zero-order valence-corrected chi connectivity index (χ0v) is 15.8. The number of hydrogen-bond donors (Lipinski definition) is 1. The van der Waals surface area contributed by atoms with Crippen LogP contribution in [0.3, 0.4) is 0 Å². The third-order valence-corrected chi connectivity index (χ3v) is 4.53. The van der Waals surface area contributed by atoms with E-state index in [1.807, 2.05) is 12.1 Å². The maximum absolute atomic E-state index is 12.2. The Morgan fingerprint density at radius 2 is 1.86 bits per heavy atom. The molecule has 1 aromatic heterocycles. The van der Waals surface area contributed by atoms with E-state index in [9.17, 15) is 18.0 Å². The van der Waals surface area contributed by atoms with Crippen molar-refractivity contribution in [1.82, 2.24) is 15.4 Å². The number of aromatic nitrogens is 3. The van der Waals surface area contributed by atoms with Crippen molar-refractivity contribution < 1.29 is 27.4 Å². The highest BCUT2D eigenvalue weighted by Gasteiger charge is 2.41. The van der Waals surface area contributed by atoms with Gasteiger partial charge in [-0.05, 0) is 18.2 Å². The lowest BCUT2D eigenvalue weighted by Gasteiger charge is -2.33. The first-order chi connectivity index (χ1) is 13.2. The minimum Gasteiger partial charge on any atom is -0.472 e. The van der Waals surface area contributed by atoms with Gasteiger partial charge in [0, 0.05) is 41.7 Å². The van der Waals surface area contributed by atoms with Crippen molar-refractivity contribution in [2.75, 3.05) is 18.0 Å². The quantitative estimate of drug-likeness (QED) is 0.715. The van der Waals surface area contributed by atoms with Crippen molar-refractivity contribution in [3.8, 4) is 5.88 Å². The van der Waals surface area contributed by atoms with E-state index in [-0.39, 0.29) is 17.7 Å². The van der Waals surface area contributed by atoms with Gasteiger partial charge in [-0.1, -0.05) is 33.5 Å². The number of nitrogens with one attached hydrogen (secondary N) is 1. The zero-order valence-electron chi connectivity index (χ0n) is 14.3. The van der Waals surface area contributed by atoms with E-state index in [4.69, 9.17) is 27.9 Å². The van der Waals surface area contributed by atoms with Crippen LogP contribution >= 0.6 is 23.2 Å². The molecule has 2 heterocycles. The molecule has 1 fully saturated rings. The lowest BCUT2D eigenvalue weighted by atomic mass is 10.1. The van der Waals surface area contributed by atoms with Crippen molar-refractivity contribution in [2.24, 2.45) is 0 Å². The summed E-state index contributed by atoms with van der Waals surface area (Å²) in [4.78, 5) is 12.9. The second kappa shape index (κ2) is 8.44. The average molecular weight is 439 g/mol. The SMILES string of the molecule is O=C(OCc1[nH]nnc1OC1CCN(c2cc(Cl)cc(Cl)c2)CC1)C(F)(F)F. The number of anilines is 1. The van der Waals surface area contributed by atoms with Gasteiger partial charge in [0.05, 0.1) is 0 Å². The van der Waals surface area contributed by atoms with Gasteiger partial charge in [0.2, 0.25) is 0 Å². The van der Waals surface area contributed by atoms with E-state index in [0.29, 0.717) is 36.0 Å². The van der Waals surface area contributed by atoms with Gasteiger partial charge in [0.25, 0.3) is 5.88 Å². The first-order valence-electron chi connectivity index (χ1n) is 8.24. The van der Waals surface area contributed by atoms with Crippen LogP contribution in [0.1, 0.15) is 18.5 Å². The molecular formula is C16H15Cl2F3N4O3. The normalized spacial score (nSPS) is 15.5. The number of H-pyrrole nitrogens is 1. The van der Waals surface area contributed by atoms with E-state index in [1.165, 1.54) is 0 Å². The topological polar surface area (TPSA) is 80.3 Å². The number of nitrogens with zero attached hydrogens (tertiary/aromatic N) is 3. The highest BCUT2D eigenvalue weighted by molar-refractivity contribution is 6.35. The van der Waals surface area contributed by atoms with Crippen molar-refractivity contribution in [3.63, 3.8) is 0 Å². The molecule has 1 saturated heterocycles. The fourth-order valence-corrected chi connectivity index (χ4v) is 3.27. The summed E-state index contributed by atoms with van der Waals surface area (Å²) in [6.45, 7) is 0.662. The van der Waals surface area contributed by atoms with Gasteiger partial charge in [0.15, 0.2) is 0 Å². The molecule has 152 valence electrons. The van der Waals surface area contributed by atoms with Crippen molar-refractivity contribution in [2.45, 2.75) is 31.7 Å². The largest absolute Gasteiger partial charge is 0.490 e. The van der Waals surface area contributed by atoms with Gasteiger partial charge in [-0.3, -0.25) is 5.10 Å². The third-order valence-electron chi connectivity index (χ3n) is 4.10. The summed E-state index contributed by atoms with van der Waals surface area (Å²) in [5, 5.41) is 10.7. The van der Waals surface area contributed by atoms with Gasteiger partial charge in [-0.15, -0.1) is 0 Å². The van der Waals surface area contributed by atoms with Gasteiger partial charge in [0.1, 0.15) is 18.4 Å². The lowest BCUT2D eigenvalue weighted by Crippen LogP contribution is -2.38. The minimum absolute atomic E-state index is 0.0132. The number of benzene rings is 1. The molecule has 0 aliphatic carbocycles. The van der Waals surface area contributed by atoms with Crippen molar-refractivity contribution in [3.05, 3.63) is 33.9 Å². The third kappa shape index (κ3) is 5.20. The molecule has 0 unspecified atom stereocenters. The molecule has 0 spiro atoms. The molecule has 1 aromatic carbocycles. The summed E-state index contributed by atoms with van der Waals surface area (Å²) in [6, 6.07) is 5.29. The summed E-state index contributed by atoms with van der Waals surface area (Å²) in [5.41, 5.74) is 0.957. The Labute approximate surface area is 167 Å². The highest BCUT2D eigenvalue weighted by Crippen LogP contribution is 2.29. The number of carbonyl (C=O) groups excluding carboxylic acids is 1. The van der Waals surface area contributed by atoms with Gasteiger partial charge < -0.3 is 14.4 Å². The number of ether oxygens (including phenoxy) is 2. The fraction of sp³-hybridized carbons (Fsp3) is 0.438. The monoisotopic (exact) mass is 438 g/mol. The zero-order chi connectivity index (χ0) is 20.3. The van der Waals surface area contributed by atoms with Gasteiger partial charge in [-0.25, -0.2) is 4.79 Å². The number of carbonyl (C=O) groups is 1. The Kier molecular flexibility index (Phi) is 6.19. The molecule has 1 aliphatic rings. The highest BCUT2D eigenvalue weighted by atomic mass is 35.5. The molecular weight excluding hydrogens is 424 g/mol. The van der Waals surface area contributed by atoms with E-state index in [0.717, 1.165) is 5.69 Å². The summed E-state index contributed by atoms with van der Waals surface area (Å²) >= 11 is 12.1. The number of hydrogen-bond acceptors (Lipinski definition) is 6. The smallest absolute Gasteiger partial charge is 0.472 e. The number of aromatic amines is 1. The molecule has 0 saturated carbocycles. The van der Waals surface area contributed by atoms with Crippen LogP contribution in [-0.4, -0.2) is 46.7 Å². The van der Waals surface area contributed by atoms with Crippen LogP contribution in [0.5, 0.6) is 5.88 Å². The molecule has 0 amide bonds. The predicted octanol–water partition coefficient (Wildman–Crippen LogP) is 3.76. The molecule has 28 heavy (non-hydrogen) atoms. The standard InChI is InChI=1S/C16H15Cl2F3N4O3/c17-9-5-10(18)7-11(6-9)25-3-1-12(2-4-25)28-14-13(22-24-23-14)8-27-15(26)16(19,20)21/h5-7,12H,1-4,8H2,(H,22,23,24). The van der Waals surface area contributed by atoms with Crippen molar-refractivity contribution >= 4 is 34.9 Å². The van der Waals surface area contributed by atoms with Crippen LogP contribution in [0.25, 0.3) is 0 Å². The second-order valence-corrected chi connectivity index (χ2v) is 6.97.